The zero-order chi connectivity index (χ0) is 18.7. The Hall–Kier alpha value is -2.54. The van der Waals surface area contributed by atoms with Gasteiger partial charge in [0.25, 0.3) is 11.8 Å². The molecular weight excluding hydrogens is 398 g/mol. The predicted molar refractivity (Wildman–Crippen MR) is 103 cm³/mol. The molecular formula is C19H20BrN3O3. The second-order valence-corrected chi connectivity index (χ2v) is 6.90. The van der Waals surface area contributed by atoms with Gasteiger partial charge >= 0.3 is 0 Å². The van der Waals surface area contributed by atoms with Gasteiger partial charge in [-0.25, -0.2) is 5.01 Å². The van der Waals surface area contributed by atoms with Gasteiger partial charge in [-0.3, -0.25) is 15.0 Å². The lowest BCUT2D eigenvalue weighted by Gasteiger charge is -2.37. The number of nitrogens with one attached hydrogen (secondary N) is 2. The van der Waals surface area contributed by atoms with Crippen LogP contribution in [0.15, 0.2) is 53.0 Å². The van der Waals surface area contributed by atoms with Gasteiger partial charge < -0.3 is 10.1 Å². The van der Waals surface area contributed by atoms with Crippen molar-refractivity contribution < 1.29 is 14.3 Å². The lowest BCUT2D eigenvalue weighted by molar-refractivity contribution is -0.132. The van der Waals surface area contributed by atoms with E-state index in [1.54, 1.807) is 25.1 Å². The second-order valence-electron chi connectivity index (χ2n) is 5.98. The minimum atomic E-state index is -0.744. The van der Waals surface area contributed by atoms with Crippen LogP contribution in [0.4, 0.5) is 5.69 Å². The van der Waals surface area contributed by atoms with Crippen molar-refractivity contribution >= 4 is 33.4 Å². The third-order valence-electron chi connectivity index (χ3n) is 4.11. The fraction of sp³-hybridized carbons (Fsp3) is 0.263. The molecule has 2 atom stereocenters. The van der Waals surface area contributed by atoms with Crippen LogP contribution in [0.2, 0.25) is 0 Å². The molecule has 1 aliphatic rings. The maximum absolute atomic E-state index is 12.9. The maximum atomic E-state index is 12.9. The van der Waals surface area contributed by atoms with Crippen LogP contribution >= 0.6 is 15.9 Å². The highest BCUT2D eigenvalue weighted by Crippen LogP contribution is 2.28. The first-order chi connectivity index (χ1) is 12.5. The molecule has 2 aromatic carbocycles. The number of hydrogen-bond donors (Lipinski definition) is 2. The smallest absolute Gasteiger partial charge is 0.279 e. The van der Waals surface area contributed by atoms with E-state index in [1.807, 2.05) is 37.3 Å². The molecule has 2 N–H and O–H groups in total. The molecule has 0 saturated carbocycles. The SMILES string of the molecule is CCC1Nc2ccc(Br)cc2C(=O)N1NC(=O)C(C)Oc1ccccc1. The maximum Gasteiger partial charge on any atom is 0.279 e. The summed E-state index contributed by atoms with van der Waals surface area (Å²) in [4.78, 5) is 25.4. The molecule has 1 heterocycles. The number of carbonyl (C=O) groups excluding carboxylic acids is 2. The van der Waals surface area contributed by atoms with Crippen molar-refractivity contribution in [2.24, 2.45) is 0 Å². The molecule has 2 aromatic rings. The Balaban J connectivity index is 1.75. The van der Waals surface area contributed by atoms with Crippen molar-refractivity contribution in [3.8, 4) is 5.75 Å². The number of para-hydroxylation sites is 1. The number of rotatable bonds is 5. The number of nitrogens with zero attached hydrogens (tertiary/aromatic N) is 1. The Labute approximate surface area is 160 Å². The first kappa shape index (κ1) is 18.3. The summed E-state index contributed by atoms with van der Waals surface area (Å²) < 4.78 is 6.43. The van der Waals surface area contributed by atoms with E-state index in [0.717, 1.165) is 10.2 Å². The van der Waals surface area contributed by atoms with Crippen LogP contribution in [0.3, 0.4) is 0 Å². The van der Waals surface area contributed by atoms with Crippen molar-refractivity contribution in [1.82, 2.24) is 10.4 Å². The van der Waals surface area contributed by atoms with Crippen LogP contribution in [0.25, 0.3) is 0 Å². The average molecular weight is 418 g/mol. The van der Waals surface area contributed by atoms with Crippen molar-refractivity contribution in [2.45, 2.75) is 32.5 Å². The number of anilines is 1. The lowest BCUT2D eigenvalue weighted by Crippen LogP contribution is -2.59. The van der Waals surface area contributed by atoms with Gasteiger partial charge in [0.1, 0.15) is 11.9 Å². The Morgan fingerprint density at radius 3 is 2.73 bits per heavy atom. The second kappa shape index (κ2) is 7.78. The molecule has 0 aromatic heterocycles. The van der Waals surface area contributed by atoms with Gasteiger partial charge in [-0.15, -0.1) is 0 Å². The quantitative estimate of drug-likeness (QED) is 0.779. The molecule has 0 radical (unpaired) electrons. The number of hydrazine groups is 1. The summed E-state index contributed by atoms with van der Waals surface area (Å²) in [5.74, 6) is -0.0485. The van der Waals surface area contributed by atoms with Gasteiger partial charge in [-0.05, 0) is 43.7 Å². The van der Waals surface area contributed by atoms with E-state index in [0.29, 0.717) is 17.7 Å². The standard InChI is InChI=1S/C19H20BrN3O3/c1-3-17-21-16-10-9-13(20)11-15(16)19(25)23(17)22-18(24)12(2)26-14-7-5-4-6-8-14/h4-12,17,21H,3H2,1-2H3,(H,22,24). The number of hydrogen-bond acceptors (Lipinski definition) is 4. The topological polar surface area (TPSA) is 70.7 Å². The number of fused-ring (bicyclic) bond motifs is 1. The van der Waals surface area contributed by atoms with Gasteiger partial charge in [-0.2, -0.15) is 0 Å². The lowest BCUT2D eigenvalue weighted by atomic mass is 10.1. The molecule has 2 unspecified atom stereocenters. The summed E-state index contributed by atoms with van der Waals surface area (Å²) in [5.41, 5.74) is 3.95. The molecule has 3 rings (SSSR count). The summed E-state index contributed by atoms with van der Waals surface area (Å²) >= 11 is 3.38. The van der Waals surface area contributed by atoms with Crippen molar-refractivity contribution in [3.05, 3.63) is 58.6 Å². The third-order valence-corrected chi connectivity index (χ3v) is 4.60. The molecule has 0 bridgehead atoms. The van der Waals surface area contributed by atoms with E-state index in [9.17, 15) is 9.59 Å². The number of halogens is 1. The van der Waals surface area contributed by atoms with E-state index < -0.39 is 6.10 Å². The highest BCUT2D eigenvalue weighted by molar-refractivity contribution is 9.10. The number of benzene rings is 2. The molecule has 2 amide bonds. The summed E-state index contributed by atoms with van der Waals surface area (Å²) in [5, 5.41) is 4.61. The molecule has 0 aliphatic carbocycles. The molecule has 7 heteroatoms. The summed E-state index contributed by atoms with van der Waals surface area (Å²) in [6, 6.07) is 14.5. The Morgan fingerprint density at radius 1 is 1.31 bits per heavy atom. The number of carbonyl (C=O) groups is 2. The molecule has 6 nitrogen and oxygen atoms in total. The molecule has 1 aliphatic heterocycles. The molecule has 26 heavy (non-hydrogen) atoms. The first-order valence-corrected chi connectivity index (χ1v) is 9.20. The van der Waals surface area contributed by atoms with Crippen molar-refractivity contribution in [1.29, 1.82) is 0 Å². The highest BCUT2D eigenvalue weighted by atomic mass is 79.9. The normalized spacial score (nSPS) is 17.1. The van der Waals surface area contributed by atoms with Crippen molar-refractivity contribution in [2.75, 3.05) is 5.32 Å². The van der Waals surface area contributed by atoms with Crippen LogP contribution < -0.4 is 15.5 Å². The van der Waals surface area contributed by atoms with Gasteiger partial charge in [-0.1, -0.05) is 41.1 Å². The van der Waals surface area contributed by atoms with E-state index >= 15 is 0 Å². The van der Waals surface area contributed by atoms with Gasteiger partial charge in [0.2, 0.25) is 0 Å². The Morgan fingerprint density at radius 2 is 2.04 bits per heavy atom. The van der Waals surface area contributed by atoms with E-state index in [4.69, 9.17) is 4.74 Å². The van der Waals surface area contributed by atoms with Gasteiger partial charge in [0.15, 0.2) is 6.10 Å². The summed E-state index contributed by atoms with van der Waals surface area (Å²) in [6.07, 6.45) is -0.439. The van der Waals surface area contributed by atoms with Gasteiger partial charge in [0, 0.05) is 10.2 Å². The molecule has 0 saturated heterocycles. The average Bonchev–Trinajstić information content (AvgIpc) is 2.65. The Bertz CT molecular complexity index is 813. The molecule has 136 valence electrons. The molecule has 0 fully saturated rings. The van der Waals surface area contributed by atoms with Crippen LogP contribution in [0, 0.1) is 0 Å². The first-order valence-electron chi connectivity index (χ1n) is 8.41. The van der Waals surface area contributed by atoms with Crippen molar-refractivity contribution in [3.63, 3.8) is 0 Å². The summed E-state index contributed by atoms with van der Waals surface area (Å²) in [7, 11) is 0. The van der Waals surface area contributed by atoms with Crippen LogP contribution in [0.5, 0.6) is 5.75 Å². The minimum absolute atomic E-state index is 0.257. The minimum Gasteiger partial charge on any atom is -0.481 e. The van der Waals surface area contributed by atoms with E-state index in [2.05, 4.69) is 26.7 Å². The molecule has 0 spiro atoms. The van der Waals surface area contributed by atoms with Gasteiger partial charge in [0.05, 0.1) is 5.56 Å². The Kier molecular flexibility index (Phi) is 5.46. The third kappa shape index (κ3) is 3.83. The van der Waals surface area contributed by atoms with Crippen LogP contribution in [-0.2, 0) is 4.79 Å². The monoisotopic (exact) mass is 417 g/mol. The predicted octanol–water partition coefficient (Wildman–Crippen LogP) is 3.55. The largest absolute Gasteiger partial charge is 0.481 e. The van der Waals surface area contributed by atoms with E-state index in [1.165, 1.54) is 5.01 Å². The van der Waals surface area contributed by atoms with Crippen LogP contribution in [0.1, 0.15) is 30.6 Å². The van der Waals surface area contributed by atoms with E-state index in [-0.39, 0.29) is 18.0 Å². The summed E-state index contributed by atoms with van der Waals surface area (Å²) in [6.45, 7) is 3.59. The fourth-order valence-electron chi connectivity index (χ4n) is 2.71. The van der Waals surface area contributed by atoms with Crippen LogP contribution in [-0.4, -0.2) is 29.1 Å². The highest BCUT2D eigenvalue weighted by Gasteiger charge is 2.33. The number of ether oxygens (including phenoxy) is 1. The zero-order valence-corrected chi connectivity index (χ0v) is 16.1. The zero-order valence-electron chi connectivity index (χ0n) is 14.5. The number of amides is 2. The fourth-order valence-corrected chi connectivity index (χ4v) is 3.08.